The lowest BCUT2D eigenvalue weighted by atomic mass is 10.1. The van der Waals surface area contributed by atoms with E-state index in [4.69, 9.17) is 9.47 Å². The molecule has 0 spiro atoms. The van der Waals surface area contributed by atoms with E-state index >= 15 is 0 Å². The number of para-hydroxylation sites is 3. The molecule has 0 unspecified atom stereocenters. The van der Waals surface area contributed by atoms with Crippen molar-refractivity contribution in [3.05, 3.63) is 48.0 Å². The summed E-state index contributed by atoms with van der Waals surface area (Å²) in [6.07, 6.45) is 0.894. The normalized spacial score (nSPS) is 13.5. The van der Waals surface area contributed by atoms with E-state index in [2.05, 4.69) is 28.9 Å². The Bertz CT molecular complexity index is 836. The smallest absolute Gasteiger partial charge is 0.257 e. The highest BCUT2D eigenvalue weighted by Crippen LogP contribution is 2.35. The SMILES string of the molecule is CCCOc1c(C(=O)N(C)C)cccc1N1CCN(c2ccccc2OC)CC1.Cl. The predicted octanol–water partition coefficient (Wildman–Crippen LogP) is 3.93. The zero-order valence-electron chi connectivity index (χ0n) is 18.3. The Hall–Kier alpha value is -2.60. The van der Waals surface area contributed by atoms with Crippen LogP contribution in [0.2, 0.25) is 0 Å². The standard InChI is InChI=1S/C23H31N3O3.ClH/c1-5-17-29-22-18(23(27)24(2)3)9-8-11-20(22)26-15-13-25(14-16-26)19-10-6-7-12-21(19)28-4;/h6-12H,5,13-17H2,1-4H3;1H. The number of ether oxygens (including phenoxy) is 2. The van der Waals surface area contributed by atoms with E-state index in [0.717, 1.165) is 49.7 Å². The lowest BCUT2D eigenvalue weighted by molar-refractivity contribution is 0.0823. The first-order valence-electron chi connectivity index (χ1n) is 10.2. The van der Waals surface area contributed by atoms with Gasteiger partial charge in [-0.25, -0.2) is 0 Å². The molecule has 6 nitrogen and oxygen atoms in total. The van der Waals surface area contributed by atoms with Crippen LogP contribution >= 0.6 is 12.4 Å². The van der Waals surface area contributed by atoms with Gasteiger partial charge in [-0.1, -0.05) is 25.1 Å². The Morgan fingerprint density at radius 2 is 1.57 bits per heavy atom. The van der Waals surface area contributed by atoms with E-state index in [1.54, 1.807) is 26.1 Å². The van der Waals surface area contributed by atoms with E-state index in [1.807, 2.05) is 30.3 Å². The summed E-state index contributed by atoms with van der Waals surface area (Å²) in [5, 5.41) is 0. The van der Waals surface area contributed by atoms with Gasteiger partial charge in [0.2, 0.25) is 0 Å². The number of amides is 1. The molecule has 164 valence electrons. The molecule has 0 saturated carbocycles. The van der Waals surface area contributed by atoms with E-state index < -0.39 is 0 Å². The molecule has 3 rings (SSSR count). The number of hydrogen-bond donors (Lipinski definition) is 0. The van der Waals surface area contributed by atoms with Crippen LogP contribution in [-0.4, -0.2) is 64.8 Å². The highest BCUT2D eigenvalue weighted by atomic mass is 35.5. The molecule has 1 aliphatic rings. The van der Waals surface area contributed by atoms with Crippen molar-refractivity contribution >= 4 is 29.7 Å². The molecule has 1 fully saturated rings. The molecule has 7 heteroatoms. The lowest BCUT2D eigenvalue weighted by Gasteiger charge is -2.38. The minimum absolute atomic E-state index is 0. The average Bonchev–Trinajstić information content (AvgIpc) is 2.77. The fraction of sp³-hybridized carbons (Fsp3) is 0.435. The molecular formula is C23H32ClN3O3. The van der Waals surface area contributed by atoms with Gasteiger partial charge in [-0.3, -0.25) is 4.79 Å². The number of rotatable bonds is 7. The molecular weight excluding hydrogens is 402 g/mol. The third kappa shape index (κ3) is 5.11. The van der Waals surface area contributed by atoms with Gasteiger partial charge in [0.15, 0.2) is 5.75 Å². The second-order valence-corrected chi connectivity index (χ2v) is 7.35. The van der Waals surface area contributed by atoms with Crippen LogP contribution in [0.25, 0.3) is 0 Å². The van der Waals surface area contributed by atoms with Crippen LogP contribution in [0.15, 0.2) is 42.5 Å². The van der Waals surface area contributed by atoms with Crippen LogP contribution < -0.4 is 19.3 Å². The summed E-state index contributed by atoms with van der Waals surface area (Å²) in [4.78, 5) is 18.9. The quantitative estimate of drug-likeness (QED) is 0.661. The molecule has 0 aromatic heterocycles. The molecule has 1 aliphatic heterocycles. The van der Waals surface area contributed by atoms with E-state index in [9.17, 15) is 4.79 Å². The maximum atomic E-state index is 12.7. The number of piperazine rings is 1. The summed E-state index contributed by atoms with van der Waals surface area (Å²) in [6, 6.07) is 14.0. The molecule has 1 heterocycles. The molecule has 30 heavy (non-hydrogen) atoms. The summed E-state index contributed by atoms with van der Waals surface area (Å²) >= 11 is 0. The zero-order chi connectivity index (χ0) is 20.8. The monoisotopic (exact) mass is 433 g/mol. The largest absolute Gasteiger partial charge is 0.495 e. The van der Waals surface area contributed by atoms with Crippen LogP contribution in [0.4, 0.5) is 11.4 Å². The van der Waals surface area contributed by atoms with Crippen LogP contribution in [0.5, 0.6) is 11.5 Å². The van der Waals surface area contributed by atoms with Gasteiger partial charge in [0, 0.05) is 40.3 Å². The summed E-state index contributed by atoms with van der Waals surface area (Å²) in [5.41, 5.74) is 2.73. The fourth-order valence-corrected chi connectivity index (χ4v) is 3.62. The Balaban J connectivity index is 0.00000320. The third-order valence-corrected chi connectivity index (χ3v) is 5.13. The number of anilines is 2. The number of hydrogen-bond acceptors (Lipinski definition) is 5. The first-order chi connectivity index (χ1) is 14.1. The van der Waals surface area contributed by atoms with Crippen LogP contribution in [0.3, 0.4) is 0 Å². The van der Waals surface area contributed by atoms with Crippen LogP contribution in [0, 0.1) is 0 Å². The Morgan fingerprint density at radius 3 is 2.17 bits per heavy atom. The molecule has 2 aromatic carbocycles. The van der Waals surface area contributed by atoms with Gasteiger partial charge < -0.3 is 24.2 Å². The fourth-order valence-electron chi connectivity index (χ4n) is 3.62. The molecule has 2 aromatic rings. The number of carbonyl (C=O) groups excluding carboxylic acids is 1. The topological polar surface area (TPSA) is 45.2 Å². The van der Waals surface area contributed by atoms with Crippen LogP contribution in [-0.2, 0) is 0 Å². The molecule has 0 bridgehead atoms. The van der Waals surface area contributed by atoms with Crippen molar-refractivity contribution in [3.63, 3.8) is 0 Å². The third-order valence-electron chi connectivity index (χ3n) is 5.13. The molecule has 0 aliphatic carbocycles. The van der Waals surface area contributed by atoms with Gasteiger partial charge in [-0.05, 0) is 30.7 Å². The van der Waals surface area contributed by atoms with Crippen molar-refractivity contribution in [2.45, 2.75) is 13.3 Å². The molecule has 0 N–H and O–H groups in total. The van der Waals surface area contributed by atoms with Crippen molar-refractivity contribution in [3.8, 4) is 11.5 Å². The number of carbonyl (C=O) groups is 1. The minimum Gasteiger partial charge on any atom is -0.495 e. The highest BCUT2D eigenvalue weighted by molar-refractivity contribution is 5.98. The van der Waals surface area contributed by atoms with Crippen molar-refractivity contribution in [2.24, 2.45) is 0 Å². The number of methoxy groups -OCH3 is 1. The maximum Gasteiger partial charge on any atom is 0.257 e. The highest BCUT2D eigenvalue weighted by Gasteiger charge is 2.25. The predicted molar refractivity (Wildman–Crippen MR) is 125 cm³/mol. The molecule has 1 saturated heterocycles. The molecule has 0 atom stereocenters. The van der Waals surface area contributed by atoms with E-state index in [0.29, 0.717) is 17.9 Å². The Morgan fingerprint density at radius 1 is 0.967 bits per heavy atom. The molecule has 1 amide bonds. The van der Waals surface area contributed by atoms with Gasteiger partial charge in [-0.2, -0.15) is 0 Å². The average molecular weight is 434 g/mol. The maximum absolute atomic E-state index is 12.7. The second-order valence-electron chi connectivity index (χ2n) is 7.35. The van der Waals surface area contributed by atoms with Gasteiger partial charge in [-0.15, -0.1) is 12.4 Å². The lowest BCUT2D eigenvalue weighted by Crippen LogP contribution is -2.46. The van der Waals surface area contributed by atoms with Crippen LogP contribution in [0.1, 0.15) is 23.7 Å². The van der Waals surface area contributed by atoms with Crippen molar-refractivity contribution < 1.29 is 14.3 Å². The van der Waals surface area contributed by atoms with Gasteiger partial charge >= 0.3 is 0 Å². The Kier molecular flexibility index (Phi) is 8.66. The second kappa shape index (κ2) is 11.0. The number of benzene rings is 2. The summed E-state index contributed by atoms with van der Waals surface area (Å²) < 4.78 is 11.6. The number of halogens is 1. The van der Waals surface area contributed by atoms with Gasteiger partial charge in [0.05, 0.1) is 30.7 Å². The van der Waals surface area contributed by atoms with Gasteiger partial charge in [0.1, 0.15) is 5.75 Å². The van der Waals surface area contributed by atoms with E-state index in [1.165, 1.54) is 0 Å². The van der Waals surface area contributed by atoms with Crippen molar-refractivity contribution in [1.29, 1.82) is 0 Å². The van der Waals surface area contributed by atoms with Gasteiger partial charge in [0.25, 0.3) is 5.91 Å². The minimum atomic E-state index is -0.0365. The first-order valence-corrected chi connectivity index (χ1v) is 10.2. The summed E-state index contributed by atoms with van der Waals surface area (Å²) in [6.45, 7) is 6.10. The molecule has 0 radical (unpaired) electrons. The summed E-state index contributed by atoms with van der Waals surface area (Å²) in [7, 11) is 5.24. The van der Waals surface area contributed by atoms with Crippen molar-refractivity contribution in [1.82, 2.24) is 4.90 Å². The first kappa shape index (κ1) is 23.7. The Labute approximate surface area is 185 Å². The zero-order valence-corrected chi connectivity index (χ0v) is 19.1. The van der Waals surface area contributed by atoms with E-state index in [-0.39, 0.29) is 18.3 Å². The number of nitrogens with zero attached hydrogens (tertiary/aromatic N) is 3. The van der Waals surface area contributed by atoms with Crippen molar-refractivity contribution in [2.75, 3.05) is 63.8 Å². The summed E-state index contributed by atoms with van der Waals surface area (Å²) in [5.74, 6) is 1.55.